The van der Waals surface area contributed by atoms with Gasteiger partial charge in [-0.05, 0) is 44.2 Å². The summed E-state index contributed by atoms with van der Waals surface area (Å²) in [6.07, 6.45) is 2.82. The summed E-state index contributed by atoms with van der Waals surface area (Å²) in [6, 6.07) is 13.4. The van der Waals surface area contributed by atoms with Crippen molar-refractivity contribution >= 4 is 18.3 Å². The quantitative estimate of drug-likeness (QED) is 0.578. The summed E-state index contributed by atoms with van der Waals surface area (Å²) in [5.41, 5.74) is 1.93. The minimum atomic E-state index is -0.158. The van der Waals surface area contributed by atoms with Gasteiger partial charge in [0.15, 0.2) is 5.76 Å². The van der Waals surface area contributed by atoms with E-state index in [1.165, 1.54) is 0 Å². The van der Waals surface area contributed by atoms with Gasteiger partial charge in [0.05, 0.1) is 11.3 Å². The molecule has 0 aliphatic heterocycles. The van der Waals surface area contributed by atoms with E-state index in [9.17, 15) is 4.79 Å². The van der Waals surface area contributed by atoms with E-state index in [2.05, 4.69) is 22.7 Å². The molecule has 0 radical (unpaired) electrons. The molecule has 3 aromatic rings. The van der Waals surface area contributed by atoms with Gasteiger partial charge in [-0.25, -0.2) is 4.68 Å². The van der Waals surface area contributed by atoms with Crippen molar-refractivity contribution in [2.24, 2.45) is 0 Å². The van der Waals surface area contributed by atoms with Gasteiger partial charge in [-0.15, -0.1) is 12.4 Å². The number of nitrogens with one attached hydrogen (secondary N) is 2. The number of carbonyl (C=O) groups is 1. The van der Waals surface area contributed by atoms with Gasteiger partial charge >= 0.3 is 0 Å². The summed E-state index contributed by atoms with van der Waals surface area (Å²) < 4.78 is 7.40. The summed E-state index contributed by atoms with van der Waals surface area (Å²) in [5, 5.41) is 10.8. The maximum atomic E-state index is 12.7. The molecule has 0 atom stereocenters. The predicted octanol–water partition coefficient (Wildman–Crippen LogP) is 3.59. The molecule has 27 heavy (non-hydrogen) atoms. The van der Waals surface area contributed by atoms with Crippen molar-refractivity contribution in [3.05, 3.63) is 60.0 Å². The van der Waals surface area contributed by atoms with Gasteiger partial charge in [0.1, 0.15) is 11.5 Å². The standard InChI is InChI=1S/C20H24N4O2.ClH/c1-3-11-21-12-13-22-20(25)17-14-24(16-7-5-4-6-8-16)23-19(17)18-10-9-15(2)26-18;/h4-10,14,21H,3,11-13H2,1-2H3,(H,22,25);1H. The molecule has 2 aromatic heterocycles. The van der Waals surface area contributed by atoms with Gasteiger partial charge in [0.25, 0.3) is 5.91 Å². The van der Waals surface area contributed by atoms with Crippen LogP contribution < -0.4 is 10.6 Å². The molecule has 0 bridgehead atoms. The Morgan fingerprint density at radius 3 is 2.56 bits per heavy atom. The summed E-state index contributed by atoms with van der Waals surface area (Å²) >= 11 is 0. The van der Waals surface area contributed by atoms with Crippen LogP contribution in [0.1, 0.15) is 29.5 Å². The number of carbonyl (C=O) groups excluding carboxylic acids is 1. The van der Waals surface area contributed by atoms with Crippen molar-refractivity contribution in [2.45, 2.75) is 20.3 Å². The lowest BCUT2D eigenvalue weighted by Gasteiger charge is -2.05. The topological polar surface area (TPSA) is 72.1 Å². The van der Waals surface area contributed by atoms with Crippen molar-refractivity contribution in [1.29, 1.82) is 0 Å². The zero-order valence-corrected chi connectivity index (χ0v) is 16.4. The number of para-hydroxylation sites is 1. The molecular formula is C20H25ClN4O2. The number of halogens is 1. The highest BCUT2D eigenvalue weighted by Crippen LogP contribution is 2.25. The molecule has 0 saturated heterocycles. The SMILES string of the molecule is CCCNCCNC(=O)c1cn(-c2ccccc2)nc1-c1ccc(C)o1.Cl. The van der Waals surface area contributed by atoms with Crippen LogP contribution in [0.5, 0.6) is 0 Å². The molecule has 1 aromatic carbocycles. The van der Waals surface area contributed by atoms with Gasteiger partial charge in [-0.2, -0.15) is 5.10 Å². The van der Waals surface area contributed by atoms with Crippen LogP contribution in [0, 0.1) is 6.92 Å². The van der Waals surface area contributed by atoms with Crippen molar-refractivity contribution in [3.8, 4) is 17.1 Å². The molecule has 0 fully saturated rings. The molecule has 7 heteroatoms. The Bertz CT molecular complexity index is 858. The highest BCUT2D eigenvalue weighted by molar-refractivity contribution is 5.99. The van der Waals surface area contributed by atoms with Crippen LogP contribution in [-0.2, 0) is 0 Å². The van der Waals surface area contributed by atoms with Crippen LogP contribution in [0.3, 0.4) is 0 Å². The minimum absolute atomic E-state index is 0. The fourth-order valence-corrected chi connectivity index (χ4v) is 2.66. The van der Waals surface area contributed by atoms with Crippen molar-refractivity contribution in [3.63, 3.8) is 0 Å². The Balaban J connectivity index is 0.00000261. The first-order valence-corrected chi connectivity index (χ1v) is 8.90. The number of amides is 1. The number of aryl methyl sites for hydroxylation is 1. The Hall–Kier alpha value is -2.57. The second kappa shape index (κ2) is 9.94. The summed E-state index contributed by atoms with van der Waals surface area (Å²) in [7, 11) is 0. The molecule has 144 valence electrons. The highest BCUT2D eigenvalue weighted by atomic mass is 35.5. The second-order valence-electron chi connectivity index (χ2n) is 6.09. The summed E-state index contributed by atoms with van der Waals surface area (Å²) in [4.78, 5) is 12.7. The van der Waals surface area contributed by atoms with Gasteiger partial charge in [-0.3, -0.25) is 4.79 Å². The molecular weight excluding hydrogens is 364 g/mol. The van der Waals surface area contributed by atoms with Gasteiger partial charge < -0.3 is 15.1 Å². The Labute approximate surface area is 165 Å². The number of rotatable bonds is 8. The molecule has 0 unspecified atom stereocenters. The Morgan fingerprint density at radius 1 is 1.11 bits per heavy atom. The molecule has 6 nitrogen and oxygen atoms in total. The Kier molecular flexibility index (Phi) is 7.64. The van der Waals surface area contributed by atoms with Crippen LogP contribution in [0.4, 0.5) is 0 Å². The van der Waals surface area contributed by atoms with Crippen LogP contribution >= 0.6 is 12.4 Å². The van der Waals surface area contributed by atoms with Crippen molar-refractivity contribution in [1.82, 2.24) is 20.4 Å². The van der Waals surface area contributed by atoms with Crippen molar-refractivity contribution < 1.29 is 9.21 Å². The van der Waals surface area contributed by atoms with Crippen LogP contribution in [-0.4, -0.2) is 35.3 Å². The number of nitrogens with zero attached hydrogens (tertiary/aromatic N) is 2. The fourth-order valence-electron chi connectivity index (χ4n) is 2.66. The minimum Gasteiger partial charge on any atom is -0.460 e. The van der Waals surface area contributed by atoms with E-state index in [-0.39, 0.29) is 18.3 Å². The number of hydrogen-bond donors (Lipinski definition) is 2. The van der Waals surface area contributed by atoms with E-state index in [1.54, 1.807) is 10.9 Å². The van der Waals surface area contributed by atoms with E-state index in [4.69, 9.17) is 4.42 Å². The average Bonchev–Trinajstić information content (AvgIpc) is 3.28. The smallest absolute Gasteiger partial charge is 0.255 e. The first-order chi connectivity index (χ1) is 12.7. The van der Waals surface area contributed by atoms with Crippen LogP contribution in [0.15, 0.2) is 53.1 Å². The molecule has 0 aliphatic carbocycles. The number of hydrogen-bond acceptors (Lipinski definition) is 4. The lowest BCUT2D eigenvalue weighted by molar-refractivity contribution is 0.0954. The Morgan fingerprint density at radius 2 is 1.89 bits per heavy atom. The first kappa shape index (κ1) is 20.7. The zero-order valence-electron chi connectivity index (χ0n) is 15.6. The fraction of sp³-hybridized carbons (Fsp3) is 0.300. The van der Waals surface area contributed by atoms with Crippen molar-refractivity contribution in [2.75, 3.05) is 19.6 Å². The summed E-state index contributed by atoms with van der Waals surface area (Å²) in [6.45, 7) is 6.23. The van der Waals surface area contributed by atoms with E-state index >= 15 is 0 Å². The highest BCUT2D eigenvalue weighted by Gasteiger charge is 2.20. The number of furan rings is 1. The summed E-state index contributed by atoms with van der Waals surface area (Å²) in [5.74, 6) is 1.21. The molecule has 1 amide bonds. The maximum Gasteiger partial charge on any atom is 0.255 e. The third-order valence-corrected chi connectivity index (χ3v) is 3.97. The zero-order chi connectivity index (χ0) is 18.4. The molecule has 0 saturated carbocycles. The van der Waals surface area contributed by atoms with Gasteiger partial charge in [0.2, 0.25) is 0 Å². The lowest BCUT2D eigenvalue weighted by atomic mass is 10.2. The largest absolute Gasteiger partial charge is 0.460 e. The van der Waals surface area contributed by atoms with Crippen LogP contribution in [0.25, 0.3) is 17.1 Å². The molecule has 2 N–H and O–H groups in total. The normalized spacial score (nSPS) is 10.4. The van der Waals surface area contributed by atoms with Gasteiger partial charge in [-0.1, -0.05) is 25.1 Å². The molecule has 0 aliphatic rings. The van der Waals surface area contributed by atoms with E-state index in [0.29, 0.717) is 23.6 Å². The van der Waals surface area contributed by atoms with E-state index in [1.807, 2.05) is 49.4 Å². The molecule has 3 rings (SSSR count). The van der Waals surface area contributed by atoms with Crippen LogP contribution in [0.2, 0.25) is 0 Å². The number of aromatic nitrogens is 2. The molecule has 0 spiro atoms. The predicted molar refractivity (Wildman–Crippen MR) is 109 cm³/mol. The average molecular weight is 389 g/mol. The monoisotopic (exact) mass is 388 g/mol. The maximum absolute atomic E-state index is 12.7. The van der Waals surface area contributed by atoms with Gasteiger partial charge in [0, 0.05) is 19.3 Å². The molecule has 2 heterocycles. The lowest BCUT2D eigenvalue weighted by Crippen LogP contribution is -2.32. The second-order valence-corrected chi connectivity index (χ2v) is 6.09. The number of benzene rings is 1. The van der Waals surface area contributed by atoms with E-state index < -0.39 is 0 Å². The van der Waals surface area contributed by atoms with E-state index in [0.717, 1.165) is 31.0 Å². The third-order valence-electron chi connectivity index (χ3n) is 3.97. The third kappa shape index (κ3) is 5.21. The first-order valence-electron chi connectivity index (χ1n) is 8.90.